The van der Waals surface area contributed by atoms with E-state index in [1.165, 1.54) is 11.5 Å². The second kappa shape index (κ2) is 3.95. The predicted octanol–water partition coefficient (Wildman–Crippen LogP) is 1.19. The Morgan fingerprint density at radius 2 is 2.00 bits per heavy atom. The Morgan fingerprint density at radius 3 is 2.57 bits per heavy atom. The molecule has 6 heteroatoms. The fraction of sp³-hybridized carbons (Fsp3) is 0. The van der Waals surface area contributed by atoms with E-state index in [2.05, 4.69) is 9.36 Å². The molecule has 1 aromatic carbocycles. The molecule has 2 rings (SSSR count). The predicted molar refractivity (Wildman–Crippen MR) is 55.9 cm³/mol. The monoisotopic (exact) mass is 225 g/mol. The van der Waals surface area contributed by atoms with E-state index < -0.39 is 11.0 Å². The third-order valence-electron chi connectivity index (χ3n) is 1.61. The van der Waals surface area contributed by atoms with Crippen LogP contribution in [-0.2, 0) is 11.0 Å². The van der Waals surface area contributed by atoms with Gasteiger partial charge in [0.1, 0.15) is 5.01 Å². The van der Waals surface area contributed by atoms with Gasteiger partial charge >= 0.3 is 0 Å². The highest BCUT2D eigenvalue weighted by Gasteiger charge is 2.08. The first-order valence-corrected chi connectivity index (χ1v) is 5.81. The maximum atomic E-state index is 10.9. The van der Waals surface area contributed by atoms with Crippen LogP contribution in [0.1, 0.15) is 0 Å². The Morgan fingerprint density at radius 1 is 1.29 bits per heavy atom. The highest BCUT2D eigenvalue weighted by molar-refractivity contribution is 7.82. The fourth-order valence-corrected chi connectivity index (χ4v) is 2.21. The molecule has 4 nitrogen and oxygen atoms in total. The molecular formula is C8H7N3OS2. The van der Waals surface area contributed by atoms with E-state index in [1.54, 1.807) is 0 Å². The summed E-state index contributed by atoms with van der Waals surface area (Å²) in [5.74, 6) is 0. The Bertz CT molecular complexity index is 455. The average Bonchev–Trinajstić information content (AvgIpc) is 2.68. The largest absolute Gasteiger partial charge is 0.246 e. The molecule has 1 aromatic heterocycles. The van der Waals surface area contributed by atoms with Gasteiger partial charge in [0.2, 0.25) is 5.16 Å². The van der Waals surface area contributed by atoms with E-state index in [0.717, 1.165) is 10.6 Å². The third kappa shape index (κ3) is 1.87. The molecule has 1 unspecified atom stereocenters. The summed E-state index contributed by atoms with van der Waals surface area (Å²) in [6.07, 6.45) is 0. The summed E-state index contributed by atoms with van der Waals surface area (Å²) in [5.41, 5.74) is 0.960. The average molecular weight is 225 g/mol. The van der Waals surface area contributed by atoms with Crippen LogP contribution in [0.2, 0.25) is 0 Å². The van der Waals surface area contributed by atoms with Crippen molar-refractivity contribution in [2.75, 3.05) is 0 Å². The van der Waals surface area contributed by atoms with Crippen LogP contribution in [0.4, 0.5) is 0 Å². The molecule has 72 valence electrons. The van der Waals surface area contributed by atoms with Crippen molar-refractivity contribution in [3.05, 3.63) is 30.3 Å². The molecule has 14 heavy (non-hydrogen) atoms. The molecule has 0 aliphatic rings. The summed E-state index contributed by atoms with van der Waals surface area (Å²) in [4.78, 5) is 4.06. The zero-order chi connectivity index (χ0) is 9.97. The van der Waals surface area contributed by atoms with Crippen molar-refractivity contribution in [1.29, 1.82) is 0 Å². The van der Waals surface area contributed by atoms with Crippen molar-refractivity contribution >= 4 is 22.5 Å². The van der Waals surface area contributed by atoms with Gasteiger partial charge in [-0.05, 0) is 11.5 Å². The number of aromatic nitrogens is 2. The van der Waals surface area contributed by atoms with Gasteiger partial charge in [-0.2, -0.15) is 4.37 Å². The Balaban J connectivity index is 2.39. The van der Waals surface area contributed by atoms with E-state index in [0.29, 0.717) is 0 Å². The summed E-state index contributed by atoms with van der Waals surface area (Å²) < 4.78 is 14.8. The molecular weight excluding hydrogens is 218 g/mol. The van der Waals surface area contributed by atoms with Crippen molar-refractivity contribution in [2.24, 2.45) is 5.14 Å². The molecule has 1 atom stereocenters. The second-order valence-corrected chi connectivity index (χ2v) is 4.26. The third-order valence-corrected chi connectivity index (χ3v) is 3.03. The van der Waals surface area contributed by atoms with Gasteiger partial charge in [-0.3, -0.25) is 0 Å². The van der Waals surface area contributed by atoms with Crippen LogP contribution in [-0.4, -0.2) is 13.6 Å². The minimum absolute atomic E-state index is 0.189. The molecule has 2 N–H and O–H groups in total. The number of rotatable bonds is 2. The summed E-state index contributed by atoms with van der Waals surface area (Å²) in [7, 11) is -1.59. The van der Waals surface area contributed by atoms with Gasteiger partial charge in [-0.1, -0.05) is 30.3 Å². The maximum absolute atomic E-state index is 10.9. The van der Waals surface area contributed by atoms with Crippen LogP contribution in [0.15, 0.2) is 35.5 Å². The normalized spacial score (nSPS) is 12.6. The lowest BCUT2D eigenvalue weighted by atomic mass is 10.2. The first-order chi connectivity index (χ1) is 6.77. The molecule has 0 saturated carbocycles. The molecule has 0 spiro atoms. The van der Waals surface area contributed by atoms with Crippen molar-refractivity contribution in [2.45, 2.75) is 5.16 Å². The van der Waals surface area contributed by atoms with Crippen molar-refractivity contribution in [3.8, 4) is 10.6 Å². The van der Waals surface area contributed by atoms with Gasteiger partial charge in [0.05, 0.1) is 0 Å². The van der Waals surface area contributed by atoms with Crippen LogP contribution >= 0.6 is 11.5 Å². The van der Waals surface area contributed by atoms with Crippen LogP contribution < -0.4 is 5.14 Å². The van der Waals surface area contributed by atoms with Crippen molar-refractivity contribution in [3.63, 3.8) is 0 Å². The van der Waals surface area contributed by atoms with Gasteiger partial charge < -0.3 is 0 Å². The van der Waals surface area contributed by atoms with Crippen molar-refractivity contribution in [1.82, 2.24) is 9.36 Å². The lowest BCUT2D eigenvalue weighted by Crippen LogP contribution is -2.04. The van der Waals surface area contributed by atoms with E-state index in [1.807, 2.05) is 30.3 Å². The highest BCUT2D eigenvalue weighted by Crippen LogP contribution is 2.21. The van der Waals surface area contributed by atoms with E-state index in [4.69, 9.17) is 5.14 Å². The Kier molecular flexibility index (Phi) is 2.67. The zero-order valence-electron chi connectivity index (χ0n) is 7.08. The maximum Gasteiger partial charge on any atom is 0.246 e. The summed E-state index contributed by atoms with van der Waals surface area (Å²) >= 11 is 1.20. The minimum Gasteiger partial charge on any atom is -0.245 e. The van der Waals surface area contributed by atoms with Crippen LogP contribution in [0.3, 0.4) is 0 Å². The molecule has 2 aromatic rings. The molecule has 1 heterocycles. The number of benzene rings is 1. The number of hydrogen-bond acceptors (Lipinski definition) is 4. The summed E-state index contributed by atoms with van der Waals surface area (Å²) in [6.45, 7) is 0. The lowest BCUT2D eigenvalue weighted by molar-refractivity contribution is 0.679. The van der Waals surface area contributed by atoms with Crippen LogP contribution in [0.25, 0.3) is 10.6 Å². The molecule has 0 radical (unpaired) electrons. The molecule has 0 aliphatic carbocycles. The van der Waals surface area contributed by atoms with E-state index in [9.17, 15) is 4.21 Å². The smallest absolute Gasteiger partial charge is 0.245 e. The van der Waals surface area contributed by atoms with E-state index >= 15 is 0 Å². The Hall–Kier alpha value is -1.11. The van der Waals surface area contributed by atoms with E-state index in [-0.39, 0.29) is 5.16 Å². The minimum atomic E-state index is -1.59. The number of nitrogens with two attached hydrogens (primary N) is 1. The standard InChI is InChI=1S/C8H7N3OS2/c9-14(12)8-10-7(13-11-8)6-4-2-1-3-5-6/h1-5H,9H2. The molecule has 0 aliphatic heterocycles. The first-order valence-electron chi connectivity index (χ1n) is 3.82. The zero-order valence-corrected chi connectivity index (χ0v) is 8.72. The topological polar surface area (TPSA) is 68.9 Å². The number of nitrogens with zero attached hydrogens (tertiary/aromatic N) is 2. The lowest BCUT2D eigenvalue weighted by Gasteiger charge is -1.91. The summed E-state index contributed by atoms with van der Waals surface area (Å²) in [5, 5.41) is 6.08. The van der Waals surface area contributed by atoms with Gasteiger partial charge in [-0.15, -0.1) is 0 Å². The molecule has 0 bridgehead atoms. The molecule has 0 fully saturated rings. The first kappa shape index (κ1) is 9.45. The van der Waals surface area contributed by atoms with Gasteiger partial charge in [-0.25, -0.2) is 14.3 Å². The summed E-state index contributed by atoms with van der Waals surface area (Å²) in [6, 6.07) is 9.59. The molecule has 0 saturated heterocycles. The second-order valence-electron chi connectivity index (χ2n) is 2.55. The SMILES string of the molecule is NS(=O)c1nsc(-c2ccccc2)n1. The molecule has 0 amide bonds. The van der Waals surface area contributed by atoms with Crippen molar-refractivity contribution < 1.29 is 4.21 Å². The highest BCUT2D eigenvalue weighted by atomic mass is 32.2. The van der Waals surface area contributed by atoms with Gasteiger partial charge in [0.25, 0.3) is 0 Å². The number of hydrogen-bond donors (Lipinski definition) is 1. The van der Waals surface area contributed by atoms with Gasteiger partial charge in [0.15, 0.2) is 11.0 Å². The Labute approximate surface area is 87.6 Å². The van der Waals surface area contributed by atoms with Crippen LogP contribution in [0, 0.1) is 0 Å². The van der Waals surface area contributed by atoms with Crippen LogP contribution in [0.5, 0.6) is 0 Å². The quantitative estimate of drug-likeness (QED) is 0.834. The van der Waals surface area contributed by atoms with Gasteiger partial charge in [0, 0.05) is 5.56 Å². The fourth-order valence-electron chi connectivity index (χ4n) is 0.990.